The van der Waals surface area contributed by atoms with E-state index in [1.165, 1.54) is 4.70 Å². The van der Waals surface area contributed by atoms with Crippen molar-refractivity contribution < 1.29 is 9.69 Å². The van der Waals surface area contributed by atoms with Gasteiger partial charge in [0.05, 0.1) is 17.3 Å². The number of likely N-dealkylation sites (N-methyl/N-ethyl adjacent to an activating group) is 2. The third-order valence-electron chi connectivity index (χ3n) is 4.54. The van der Waals surface area contributed by atoms with Crippen molar-refractivity contribution in [1.82, 2.24) is 9.88 Å². The topological polar surface area (TPSA) is 37.6 Å². The van der Waals surface area contributed by atoms with Gasteiger partial charge in [0.2, 0.25) is 0 Å². The number of carbonyl (C=O) groups excluding carboxylic acids is 1. The van der Waals surface area contributed by atoms with E-state index in [1.54, 1.807) is 16.2 Å². The molecule has 0 fully saturated rings. The first-order valence-electron chi connectivity index (χ1n) is 8.50. The molecule has 3 aromatic rings. The van der Waals surface area contributed by atoms with E-state index in [4.69, 9.17) is 4.98 Å². The van der Waals surface area contributed by atoms with E-state index in [0.717, 1.165) is 21.0 Å². The zero-order chi connectivity index (χ0) is 17.8. The second-order valence-corrected chi connectivity index (χ2v) is 7.56. The van der Waals surface area contributed by atoms with E-state index in [0.29, 0.717) is 13.1 Å². The minimum Gasteiger partial charge on any atom is -0.337 e. The van der Waals surface area contributed by atoms with Gasteiger partial charge in [0, 0.05) is 13.6 Å². The van der Waals surface area contributed by atoms with Crippen LogP contribution in [0.4, 0.5) is 0 Å². The molecule has 1 aromatic heterocycles. The van der Waals surface area contributed by atoms with Crippen LogP contribution in [0.25, 0.3) is 10.2 Å². The number of nitrogens with zero attached hydrogens (tertiary/aromatic N) is 2. The lowest BCUT2D eigenvalue weighted by Crippen LogP contribution is -3.10. The van der Waals surface area contributed by atoms with Crippen LogP contribution in [0, 0.1) is 0 Å². The molecule has 4 nitrogen and oxygen atoms in total. The number of amides is 1. The number of aromatic nitrogens is 1. The highest BCUT2D eigenvalue weighted by atomic mass is 32.1. The summed E-state index contributed by atoms with van der Waals surface area (Å²) in [4.78, 5) is 20.2. The maximum Gasteiger partial charge on any atom is 0.277 e. The molecular weight excluding hydrogens is 330 g/mol. The molecule has 3 rings (SSSR count). The van der Waals surface area contributed by atoms with Crippen LogP contribution < -0.4 is 4.90 Å². The first-order chi connectivity index (χ1) is 12.0. The molecule has 1 N–H and O–H groups in total. The summed E-state index contributed by atoms with van der Waals surface area (Å²) in [5, 5.41) is 1.08. The van der Waals surface area contributed by atoms with Gasteiger partial charge in [0.25, 0.3) is 5.91 Å². The standard InChI is InChI=1S/C20H23N3OS/c1-15(20-21-17-11-7-8-12-18(17)25-20)22(2)14-19(24)23(3)13-16-9-5-4-6-10-16/h4-12,15H,13-14H2,1-3H3/p+1/t15-/m1/s1. The normalized spacial score (nSPS) is 13.6. The van der Waals surface area contributed by atoms with Gasteiger partial charge in [0.1, 0.15) is 6.04 Å². The fraction of sp³-hybridized carbons (Fsp3) is 0.300. The number of thiazole rings is 1. The number of hydrogen-bond donors (Lipinski definition) is 1. The molecule has 0 radical (unpaired) electrons. The molecule has 0 saturated heterocycles. The van der Waals surface area contributed by atoms with E-state index >= 15 is 0 Å². The highest BCUT2D eigenvalue weighted by Crippen LogP contribution is 2.24. The molecule has 0 saturated carbocycles. The summed E-state index contributed by atoms with van der Waals surface area (Å²) in [5.41, 5.74) is 2.19. The second-order valence-electron chi connectivity index (χ2n) is 6.50. The quantitative estimate of drug-likeness (QED) is 0.739. The molecule has 0 bridgehead atoms. The summed E-state index contributed by atoms with van der Waals surface area (Å²) < 4.78 is 1.20. The maximum absolute atomic E-state index is 12.6. The summed E-state index contributed by atoms with van der Waals surface area (Å²) in [7, 11) is 3.93. The van der Waals surface area contributed by atoms with Crippen LogP contribution in [0.1, 0.15) is 23.5 Å². The third-order valence-corrected chi connectivity index (χ3v) is 5.76. The molecule has 0 spiro atoms. The fourth-order valence-electron chi connectivity index (χ4n) is 2.76. The van der Waals surface area contributed by atoms with Gasteiger partial charge in [0.15, 0.2) is 11.6 Å². The van der Waals surface area contributed by atoms with Gasteiger partial charge in [-0.2, -0.15) is 0 Å². The Labute approximate surface area is 152 Å². The summed E-state index contributed by atoms with van der Waals surface area (Å²) in [6.07, 6.45) is 0. The molecule has 2 atom stereocenters. The van der Waals surface area contributed by atoms with E-state index in [1.807, 2.05) is 55.6 Å². The first-order valence-corrected chi connectivity index (χ1v) is 9.32. The number of fused-ring (bicyclic) bond motifs is 1. The van der Waals surface area contributed by atoms with Gasteiger partial charge in [-0.25, -0.2) is 4.98 Å². The average molecular weight is 354 g/mol. The van der Waals surface area contributed by atoms with Crippen molar-refractivity contribution in [3.8, 4) is 0 Å². The van der Waals surface area contributed by atoms with E-state index < -0.39 is 0 Å². The molecular formula is C20H24N3OS+. The number of para-hydroxylation sites is 1. The Bertz CT molecular complexity index is 813. The lowest BCUT2D eigenvalue weighted by atomic mass is 10.2. The van der Waals surface area contributed by atoms with Crippen LogP contribution >= 0.6 is 11.3 Å². The van der Waals surface area contributed by atoms with Gasteiger partial charge in [-0.1, -0.05) is 42.5 Å². The smallest absolute Gasteiger partial charge is 0.277 e. The van der Waals surface area contributed by atoms with Gasteiger partial charge >= 0.3 is 0 Å². The first kappa shape index (κ1) is 17.6. The molecule has 5 heteroatoms. The molecule has 0 aliphatic carbocycles. The number of rotatable bonds is 6. The minimum atomic E-state index is 0.148. The maximum atomic E-state index is 12.6. The van der Waals surface area contributed by atoms with Crippen LogP contribution in [0.3, 0.4) is 0 Å². The summed E-state index contributed by atoms with van der Waals surface area (Å²) in [6.45, 7) is 3.24. The zero-order valence-corrected chi connectivity index (χ0v) is 15.7. The van der Waals surface area contributed by atoms with Gasteiger partial charge in [-0.05, 0) is 24.6 Å². The van der Waals surface area contributed by atoms with Crippen LogP contribution in [-0.2, 0) is 11.3 Å². The van der Waals surface area contributed by atoms with Crippen molar-refractivity contribution in [2.24, 2.45) is 0 Å². The Morgan fingerprint density at radius 1 is 1.16 bits per heavy atom. The number of carbonyl (C=O) groups is 1. The summed E-state index contributed by atoms with van der Waals surface area (Å²) in [5.74, 6) is 0.148. The Hall–Kier alpha value is -2.24. The number of benzene rings is 2. The number of nitrogens with one attached hydrogen (secondary N) is 1. The molecule has 0 aliphatic rings. The minimum absolute atomic E-state index is 0.148. The lowest BCUT2D eigenvalue weighted by molar-refractivity contribution is -0.902. The van der Waals surface area contributed by atoms with Gasteiger partial charge in [-0.15, -0.1) is 11.3 Å². The average Bonchev–Trinajstić information content (AvgIpc) is 3.05. The fourth-order valence-corrected chi connectivity index (χ4v) is 3.87. The molecule has 0 aliphatic heterocycles. The zero-order valence-electron chi connectivity index (χ0n) is 14.9. The highest BCUT2D eigenvalue weighted by Gasteiger charge is 2.23. The molecule has 2 aromatic carbocycles. The van der Waals surface area contributed by atoms with Crippen molar-refractivity contribution in [2.75, 3.05) is 20.6 Å². The van der Waals surface area contributed by atoms with Gasteiger partial charge in [-0.3, -0.25) is 4.79 Å². The van der Waals surface area contributed by atoms with Crippen LogP contribution in [0.5, 0.6) is 0 Å². The van der Waals surface area contributed by atoms with E-state index in [9.17, 15) is 4.79 Å². The van der Waals surface area contributed by atoms with Crippen molar-refractivity contribution in [1.29, 1.82) is 0 Å². The summed E-state index contributed by atoms with van der Waals surface area (Å²) in [6, 6.07) is 18.4. The Morgan fingerprint density at radius 2 is 1.84 bits per heavy atom. The predicted molar refractivity (Wildman–Crippen MR) is 103 cm³/mol. The Kier molecular flexibility index (Phi) is 5.46. The van der Waals surface area contributed by atoms with E-state index in [-0.39, 0.29) is 11.9 Å². The van der Waals surface area contributed by atoms with Crippen LogP contribution in [0.2, 0.25) is 0 Å². The summed E-state index contributed by atoms with van der Waals surface area (Å²) >= 11 is 1.71. The molecule has 25 heavy (non-hydrogen) atoms. The Morgan fingerprint density at radius 3 is 2.56 bits per heavy atom. The second kappa shape index (κ2) is 7.76. The molecule has 1 unspecified atom stereocenters. The molecule has 1 heterocycles. The van der Waals surface area contributed by atoms with Crippen molar-refractivity contribution >= 4 is 27.5 Å². The van der Waals surface area contributed by atoms with Crippen molar-refractivity contribution in [3.05, 3.63) is 65.2 Å². The van der Waals surface area contributed by atoms with Crippen LogP contribution in [0.15, 0.2) is 54.6 Å². The third kappa shape index (κ3) is 4.24. The number of hydrogen-bond acceptors (Lipinski definition) is 3. The molecule has 1 amide bonds. The van der Waals surface area contributed by atoms with E-state index in [2.05, 4.69) is 20.0 Å². The highest BCUT2D eigenvalue weighted by molar-refractivity contribution is 7.18. The number of quaternary nitrogens is 1. The SMILES string of the molecule is C[C@H](c1nc2ccccc2s1)[NH+](C)CC(=O)N(C)Cc1ccccc1. The van der Waals surface area contributed by atoms with Crippen LogP contribution in [-0.4, -0.2) is 36.4 Å². The predicted octanol–water partition coefficient (Wildman–Crippen LogP) is 2.53. The van der Waals surface area contributed by atoms with Gasteiger partial charge < -0.3 is 9.80 Å². The Balaban J connectivity index is 1.62. The van der Waals surface area contributed by atoms with Crippen molar-refractivity contribution in [2.45, 2.75) is 19.5 Å². The largest absolute Gasteiger partial charge is 0.337 e. The molecule has 130 valence electrons. The van der Waals surface area contributed by atoms with Crippen molar-refractivity contribution in [3.63, 3.8) is 0 Å². The monoisotopic (exact) mass is 354 g/mol. The lowest BCUT2D eigenvalue weighted by Gasteiger charge is -2.23.